The summed E-state index contributed by atoms with van der Waals surface area (Å²) in [6.07, 6.45) is 2.60. The van der Waals surface area contributed by atoms with Crippen molar-refractivity contribution >= 4 is 12.0 Å². The molecule has 0 amide bonds. The fourth-order valence-corrected chi connectivity index (χ4v) is 1.87. The zero-order chi connectivity index (χ0) is 15.2. The minimum atomic E-state index is -1.00. The van der Waals surface area contributed by atoms with Crippen molar-refractivity contribution in [2.45, 2.75) is 6.92 Å². The Hall–Kier alpha value is -2.75. The van der Waals surface area contributed by atoms with Crippen LogP contribution in [0.15, 0.2) is 48.5 Å². The molecule has 2 aromatic carbocycles. The molecule has 108 valence electrons. The Kier molecular flexibility index (Phi) is 4.61. The lowest BCUT2D eigenvalue weighted by atomic mass is 10.1. The number of ether oxygens (including phenoxy) is 2. The largest absolute Gasteiger partial charge is 0.493 e. The SMILES string of the molecule is COc1ccccc1Oc1ccc(C)cc1/C=C/C(=O)O. The number of aryl methyl sites for hydroxylation is 1. The van der Waals surface area contributed by atoms with Crippen molar-refractivity contribution < 1.29 is 19.4 Å². The number of hydrogen-bond donors (Lipinski definition) is 1. The van der Waals surface area contributed by atoms with E-state index in [1.165, 1.54) is 6.08 Å². The molecule has 0 radical (unpaired) electrons. The number of para-hydroxylation sites is 2. The Morgan fingerprint density at radius 1 is 1.10 bits per heavy atom. The number of hydrogen-bond acceptors (Lipinski definition) is 3. The first-order valence-corrected chi connectivity index (χ1v) is 6.42. The Morgan fingerprint density at radius 3 is 2.48 bits per heavy atom. The summed E-state index contributed by atoms with van der Waals surface area (Å²) in [6.45, 7) is 1.94. The van der Waals surface area contributed by atoms with Gasteiger partial charge in [0.1, 0.15) is 5.75 Å². The summed E-state index contributed by atoms with van der Waals surface area (Å²) in [5.41, 5.74) is 1.72. The van der Waals surface area contributed by atoms with E-state index in [9.17, 15) is 4.79 Å². The van der Waals surface area contributed by atoms with Crippen LogP contribution in [0.3, 0.4) is 0 Å². The van der Waals surface area contributed by atoms with E-state index in [1.807, 2.05) is 37.3 Å². The molecule has 4 nitrogen and oxygen atoms in total. The Balaban J connectivity index is 2.37. The van der Waals surface area contributed by atoms with Gasteiger partial charge in [-0.05, 0) is 37.3 Å². The molecule has 0 unspecified atom stereocenters. The van der Waals surface area contributed by atoms with E-state index in [0.29, 0.717) is 22.8 Å². The maximum absolute atomic E-state index is 10.7. The fourth-order valence-electron chi connectivity index (χ4n) is 1.87. The van der Waals surface area contributed by atoms with Gasteiger partial charge >= 0.3 is 5.97 Å². The lowest BCUT2D eigenvalue weighted by Gasteiger charge is -2.12. The van der Waals surface area contributed by atoms with Gasteiger partial charge in [0.2, 0.25) is 0 Å². The number of carboxylic acid groups (broad SMARTS) is 1. The molecular formula is C17H16O4. The molecule has 1 N–H and O–H groups in total. The van der Waals surface area contributed by atoms with Gasteiger partial charge in [0, 0.05) is 11.6 Å². The van der Waals surface area contributed by atoms with Crippen molar-refractivity contribution in [1.82, 2.24) is 0 Å². The molecule has 0 bridgehead atoms. The normalized spacial score (nSPS) is 10.6. The van der Waals surface area contributed by atoms with Crippen molar-refractivity contribution in [3.05, 3.63) is 59.7 Å². The summed E-state index contributed by atoms with van der Waals surface area (Å²) in [7, 11) is 1.57. The monoisotopic (exact) mass is 284 g/mol. The van der Waals surface area contributed by atoms with Gasteiger partial charge < -0.3 is 14.6 Å². The third-order valence-electron chi connectivity index (χ3n) is 2.86. The van der Waals surface area contributed by atoms with Crippen LogP contribution in [-0.2, 0) is 4.79 Å². The average molecular weight is 284 g/mol. The number of methoxy groups -OCH3 is 1. The van der Waals surface area contributed by atoms with Crippen LogP contribution in [0.1, 0.15) is 11.1 Å². The van der Waals surface area contributed by atoms with Crippen molar-refractivity contribution in [2.24, 2.45) is 0 Å². The van der Waals surface area contributed by atoms with E-state index in [-0.39, 0.29) is 0 Å². The molecule has 0 saturated heterocycles. The van der Waals surface area contributed by atoms with Gasteiger partial charge in [-0.1, -0.05) is 23.8 Å². The zero-order valence-electron chi connectivity index (χ0n) is 11.9. The number of aliphatic carboxylic acids is 1. The van der Waals surface area contributed by atoms with Crippen LogP contribution in [0, 0.1) is 6.92 Å². The topological polar surface area (TPSA) is 55.8 Å². The van der Waals surface area contributed by atoms with Gasteiger partial charge in [-0.25, -0.2) is 4.79 Å². The molecule has 0 aliphatic carbocycles. The van der Waals surface area contributed by atoms with Crippen LogP contribution in [-0.4, -0.2) is 18.2 Å². The second kappa shape index (κ2) is 6.61. The molecule has 0 atom stereocenters. The molecule has 21 heavy (non-hydrogen) atoms. The second-order valence-corrected chi connectivity index (χ2v) is 4.47. The highest BCUT2D eigenvalue weighted by atomic mass is 16.5. The van der Waals surface area contributed by atoms with Gasteiger partial charge in [-0.3, -0.25) is 0 Å². The quantitative estimate of drug-likeness (QED) is 0.846. The van der Waals surface area contributed by atoms with Gasteiger partial charge in [0.05, 0.1) is 7.11 Å². The highest BCUT2D eigenvalue weighted by Crippen LogP contribution is 2.33. The van der Waals surface area contributed by atoms with E-state index in [4.69, 9.17) is 14.6 Å². The van der Waals surface area contributed by atoms with Crippen molar-refractivity contribution in [3.63, 3.8) is 0 Å². The van der Waals surface area contributed by atoms with Gasteiger partial charge in [-0.15, -0.1) is 0 Å². The minimum absolute atomic E-state index is 0.572. The minimum Gasteiger partial charge on any atom is -0.493 e. The summed E-state index contributed by atoms with van der Waals surface area (Å²) in [5, 5.41) is 8.76. The molecule has 0 saturated carbocycles. The molecule has 0 spiro atoms. The maximum Gasteiger partial charge on any atom is 0.328 e. The third-order valence-corrected chi connectivity index (χ3v) is 2.86. The lowest BCUT2D eigenvalue weighted by Crippen LogP contribution is -1.93. The smallest absolute Gasteiger partial charge is 0.328 e. The summed E-state index contributed by atoms with van der Waals surface area (Å²) in [6, 6.07) is 12.9. The van der Waals surface area contributed by atoms with Crippen LogP contribution in [0.5, 0.6) is 17.2 Å². The Morgan fingerprint density at radius 2 is 1.81 bits per heavy atom. The summed E-state index contributed by atoms with van der Waals surface area (Å²) in [4.78, 5) is 10.7. The zero-order valence-corrected chi connectivity index (χ0v) is 11.9. The highest BCUT2D eigenvalue weighted by molar-refractivity contribution is 5.86. The molecule has 4 heteroatoms. The van der Waals surface area contributed by atoms with Gasteiger partial charge in [-0.2, -0.15) is 0 Å². The maximum atomic E-state index is 10.7. The van der Waals surface area contributed by atoms with E-state index in [2.05, 4.69) is 0 Å². The summed E-state index contributed by atoms with van der Waals surface area (Å²) >= 11 is 0. The number of rotatable bonds is 5. The van der Waals surface area contributed by atoms with Crippen molar-refractivity contribution in [1.29, 1.82) is 0 Å². The fraction of sp³-hybridized carbons (Fsp3) is 0.118. The highest BCUT2D eigenvalue weighted by Gasteiger charge is 2.07. The molecule has 2 rings (SSSR count). The molecule has 0 aromatic heterocycles. The molecule has 0 aliphatic rings. The number of carbonyl (C=O) groups is 1. The molecule has 0 fully saturated rings. The molecule has 0 aliphatic heterocycles. The first kappa shape index (κ1) is 14.7. The standard InChI is InChI=1S/C17H16O4/c1-12-7-9-14(13(11-12)8-10-17(18)19)21-16-6-4-3-5-15(16)20-2/h3-11H,1-2H3,(H,18,19)/b10-8+. The average Bonchev–Trinajstić information content (AvgIpc) is 2.48. The van der Waals surface area contributed by atoms with Crippen LogP contribution in [0.25, 0.3) is 6.08 Å². The first-order chi connectivity index (χ1) is 10.1. The number of benzene rings is 2. The second-order valence-electron chi connectivity index (χ2n) is 4.47. The van der Waals surface area contributed by atoms with E-state index in [1.54, 1.807) is 19.2 Å². The number of carboxylic acids is 1. The van der Waals surface area contributed by atoms with E-state index < -0.39 is 5.97 Å². The molecular weight excluding hydrogens is 268 g/mol. The van der Waals surface area contributed by atoms with Crippen LogP contribution in [0.4, 0.5) is 0 Å². The summed E-state index contributed by atoms with van der Waals surface area (Å²) < 4.78 is 11.1. The van der Waals surface area contributed by atoms with Gasteiger partial charge in [0.25, 0.3) is 0 Å². The Bertz CT molecular complexity index is 674. The molecule has 0 heterocycles. The van der Waals surface area contributed by atoms with E-state index in [0.717, 1.165) is 11.6 Å². The first-order valence-electron chi connectivity index (χ1n) is 6.42. The van der Waals surface area contributed by atoms with Crippen LogP contribution < -0.4 is 9.47 Å². The van der Waals surface area contributed by atoms with Gasteiger partial charge in [0.15, 0.2) is 11.5 Å². The van der Waals surface area contributed by atoms with E-state index >= 15 is 0 Å². The van der Waals surface area contributed by atoms with Crippen LogP contribution >= 0.6 is 0 Å². The predicted octanol–water partition coefficient (Wildman–Crippen LogP) is 3.89. The summed E-state index contributed by atoms with van der Waals surface area (Å²) in [5.74, 6) is 0.766. The van der Waals surface area contributed by atoms with Crippen molar-refractivity contribution in [2.75, 3.05) is 7.11 Å². The predicted molar refractivity (Wildman–Crippen MR) is 80.9 cm³/mol. The molecule has 2 aromatic rings. The lowest BCUT2D eigenvalue weighted by molar-refractivity contribution is -0.131. The third kappa shape index (κ3) is 3.86. The Labute approximate surface area is 123 Å². The van der Waals surface area contributed by atoms with Crippen molar-refractivity contribution in [3.8, 4) is 17.2 Å². The van der Waals surface area contributed by atoms with Crippen LogP contribution in [0.2, 0.25) is 0 Å².